The summed E-state index contributed by atoms with van der Waals surface area (Å²) in [6, 6.07) is 7.81. The predicted octanol–water partition coefficient (Wildman–Crippen LogP) is 1.27. The van der Waals surface area contributed by atoms with E-state index in [1.807, 2.05) is 0 Å². The topological polar surface area (TPSA) is 149 Å². The molecule has 0 radical (unpaired) electrons. The molecule has 32 heavy (non-hydrogen) atoms. The van der Waals surface area contributed by atoms with Gasteiger partial charge in [0, 0.05) is 50.4 Å². The Balaban J connectivity index is 0.000000431. The Morgan fingerprint density at radius 3 is 1.19 bits per heavy atom. The zero-order chi connectivity index (χ0) is 24.6. The Bertz CT molecular complexity index is 988. The molecule has 10 nitrogen and oxygen atoms in total. The first-order valence-electron chi connectivity index (χ1n) is 9.03. The van der Waals surface area contributed by atoms with Gasteiger partial charge in [0.15, 0.2) is 11.6 Å². The van der Waals surface area contributed by atoms with Crippen LogP contribution in [0.1, 0.15) is 52.6 Å². The lowest BCUT2D eigenvalue weighted by Crippen LogP contribution is -2.26. The maximum atomic E-state index is 12.5. The molecule has 10 heteroatoms. The molecule has 0 aliphatic heterocycles. The molecule has 0 heterocycles. The van der Waals surface area contributed by atoms with Gasteiger partial charge >= 0.3 is 11.9 Å². The van der Waals surface area contributed by atoms with Gasteiger partial charge in [0.25, 0.3) is 0 Å². The molecular weight excluding hydrogens is 420 g/mol. The van der Waals surface area contributed by atoms with Crippen molar-refractivity contribution in [3.63, 3.8) is 0 Å². The largest absolute Gasteiger partial charge is 0.478 e. The van der Waals surface area contributed by atoms with Gasteiger partial charge in [-0.3, -0.25) is 19.2 Å². The molecule has 2 N–H and O–H groups in total. The summed E-state index contributed by atoms with van der Waals surface area (Å²) in [4.78, 5) is 69.3. The van der Waals surface area contributed by atoms with Crippen molar-refractivity contribution in [1.82, 2.24) is 9.80 Å². The van der Waals surface area contributed by atoms with Crippen molar-refractivity contribution in [2.75, 3.05) is 28.2 Å². The van der Waals surface area contributed by atoms with Crippen LogP contribution < -0.4 is 0 Å². The molecule has 0 saturated carbocycles. The van der Waals surface area contributed by atoms with E-state index in [2.05, 4.69) is 0 Å². The number of nitrogens with zero attached hydrogens (tertiary/aromatic N) is 2. The molecule has 0 saturated heterocycles. The summed E-state index contributed by atoms with van der Waals surface area (Å²) in [6.07, 6.45) is 1.50. The lowest BCUT2D eigenvalue weighted by molar-refractivity contribution is -0.116. The van der Waals surface area contributed by atoms with Crippen molar-refractivity contribution >= 4 is 36.3 Å². The highest BCUT2D eigenvalue weighted by atomic mass is 16.4. The fraction of sp³-hybridized carbons (Fsp3) is 0.182. The van der Waals surface area contributed by atoms with Gasteiger partial charge < -0.3 is 20.0 Å². The Morgan fingerprint density at radius 2 is 0.969 bits per heavy atom. The van der Waals surface area contributed by atoms with Gasteiger partial charge in [0.1, 0.15) is 0 Å². The van der Waals surface area contributed by atoms with E-state index >= 15 is 0 Å². The molecule has 2 amide bonds. The molecular formula is C22H22N2O8. The van der Waals surface area contributed by atoms with Crippen LogP contribution >= 0.6 is 0 Å². The zero-order valence-corrected chi connectivity index (χ0v) is 17.9. The van der Waals surface area contributed by atoms with Gasteiger partial charge in [-0.05, 0) is 12.1 Å². The Hall–Kier alpha value is -4.34. The van der Waals surface area contributed by atoms with Crippen molar-refractivity contribution in [2.45, 2.75) is 0 Å². The summed E-state index contributed by atoms with van der Waals surface area (Å²) in [7, 11) is 6.75. The van der Waals surface area contributed by atoms with Crippen LogP contribution in [-0.4, -0.2) is 84.5 Å². The summed E-state index contributed by atoms with van der Waals surface area (Å²) in [5.41, 5.74) is -1.13. The van der Waals surface area contributed by atoms with Gasteiger partial charge in [-0.2, -0.15) is 0 Å². The number of amides is 2. The first-order valence-corrected chi connectivity index (χ1v) is 9.03. The standard InChI is InChI=1S/C16H8O6.2C3H7NO/c17-13-7-3-1-5-9(15(19)20)11(7)14(18)8-4-2-6-10(12(8)13)16(21)22;2*1-4(2)3-5/h1-6H,(H,19,20)(H,21,22);2*3H,1-2H3. The lowest BCUT2D eigenvalue weighted by atomic mass is 9.80. The molecule has 2 aromatic rings. The predicted molar refractivity (Wildman–Crippen MR) is 113 cm³/mol. The molecule has 2 aromatic carbocycles. The number of fused-ring (bicyclic) bond motifs is 2. The highest BCUT2D eigenvalue weighted by molar-refractivity contribution is 6.32. The summed E-state index contributed by atoms with van der Waals surface area (Å²) in [5, 5.41) is 18.4. The van der Waals surface area contributed by atoms with Crippen LogP contribution in [-0.2, 0) is 9.59 Å². The minimum absolute atomic E-state index is 0.0916. The first kappa shape index (κ1) is 25.7. The van der Waals surface area contributed by atoms with E-state index < -0.39 is 23.5 Å². The van der Waals surface area contributed by atoms with Crippen LogP contribution in [0.5, 0.6) is 0 Å². The number of hydrogen-bond acceptors (Lipinski definition) is 6. The van der Waals surface area contributed by atoms with Gasteiger partial charge in [0.2, 0.25) is 12.8 Å². The van der Waals surface area contributed by atoms with Crippen molar-refractivity contribution in [1.29, 1.82) is 0 Å². The number of benzene rings is 2. The van der Waals surface area contributed by atoms with E-state index in [1.54, 1.807) is 28.2 Å². The van der Waals surface area contributed by atoms with Crippen LogP contribution in [0, 0.1) is 0 Å². The molecule has 1 aliphatic rings. The number of aromatic carboxylic acids is 2. The Labute approximate surface area is 183 Å². The fourth-order valence-corrected chi connectivity index (χ4v) is 2.60. The summed E-state index contributed by atoms with van der Waals surface area (Å²) in [5.74, 6) is -3.97. The first-order chi connectivity index (χ1) is 15.0. The maximum absolute atomic E-state index is 12.5. The van der Waals surface area contributed by atoms with Crippen LogP contribution in [0.15, 0.2) is 36.4 Å². The number of rotatable bonds is 4. The third kappa shape index (κ3) is 5.85. The SMILES string of the molecule is CN(C)C=O.CN(C)C=O.O=C(O)c1cccc2c1C(=O)c1cccc(C(=O)O)c1C2=O. The highest BCUT2D eigenvalue weighted by Crippen LogP contribution is 2.31. The highest BCUT2D eigenvalue weighted by Gasteiger charge is 2.35. The molecule has 0 unspecified atom stereocenters. The van der Waals surface area contributed by atoms with Gasteiger partial charge in [0.05, 0.1) is 11.1 Å². The van der Waals surface area contributed by atoms with Crippen molar-refractivity contribution in [3.8, 4) is 0 Å². The molecule has 1 aliphatic carbocycles. The van der Waals surface area contributed by atoms with Gasteiger partial charge in [-0.1, -0.05) is 24.3 Å². The van der Waals surface area contributed by atoms with Crippen LogP contribution in [0.4, 0.5) is 0 Å². The summed E-state index contributed by atoms with van der Waals surface area (Å²) in [6.45, 7) is 0. The Morgan fingerprint density at radius 1 is 0.688 bits per heavy atom. The third-order valence-corrected chi connectivity index (χ3v) is 3.95. The van der Waals surface area contributed by atoms with Gasteiger partial charge in [-0.15, -0.1) is 0 Å². The smallest absolute Gasteiger partial charge is 0.336 e. The molecule has 0 bridgehead atoms. The maximum Gasteiger partial charge on any atom is 0.336 e. The van der Waals surface area contributed by atoms with Crippen LogP contribution in [0.3, 0.4) is 0 Å². The molecule has 0 spiro atoms. The third-order valence-electron chi connectivity index (χ3n) is 3.95. The molecule has 168 valence electrons. The molecule has 3 rings (SSSR count). The van der Waals surface area contributed by atoms with Crippen LogP contribution in [0.25, 0.3) is 0 Å². The average molecular weight is 442 g/mol. The number of carboxylic acid groups (broad SMARTS) is 2. The van der Waals surface area contributed by atoms with Crippen molar-refractivity contribution in [3.05, 3.63) is 69.8 Å². The average Bonchev–Trinajstić information content (AvgIpc) is 2.76. The monoisotopic (exact) mass is 442 g/mol. The van der Waals surface area contributed by atoms with E-state index in [-0.39, 0.29) is 33.4 Å². The van der Waals surface area contributed by atoms with E-state index in [1.165, 1.54) is 46.2 Å². The van der Waals surface area contributed by atoms with Crippen molar-refractivity contribution < 1.29 is 39.0 Å². The quantitative estimate of drug-likeness (QED) is 0.574. The number of hydrogen-bond donors (Lipinski definition) is 2. The van der Waals surface area contributed by atoms with Crippen LogP contribution in [0.2, 0.25) is 0 Å². The fourth-order valence-electron chi connectivity index (χ4n) is 2.60. The summed E-state index contributed by atoms with van der Waals surface area (Å²) < 4.78 is 0. The second-order valence-electron chi connectivity index (χ2n) is 6.86. The van der Waals surface area contributed by atoms with E-state index in [0.29, 0.717) is 0 Å². The molecule has 0 fully saturated rings. The number of ketones is 2. The van der Waals surface area contributed by atoms with Gasteiger partial charge in [-0.25, -0.2) is 9.59 Å². The van der Waals surface area contributed by atoms with E-state index in [9.17, 15) is 39.0 Å². The zero-order valence-electron chi connectivity index (χ0n) is 17.9. The minimum Gasteiger partial charge on any atom is -0.478 e. The number of carbonyl (C=O) groups excluding carboxylic acids is 4. The molecule has 0 aromatic heterocycles. The minimum atomic E-state index is -1.32. The second-order valence-corrected chi connectivity index (χ2v) is 6.86. The normalized spacial score (nSPS) is 10.8. The lowest BCUT2D eigenvalue weighted by Gasteiger charge is -2.20. The van der Waals surface area contributed by atoms with E-state index in [0.717, 1.165) is 12.8 Å². The summed E-state index contributed by atoms with van der Waals surface area (Å²) >= 11 is 0. The Kier molecular flexibility index (Phi) is 8.96. The van der Waals surface area contributed by atoms with E-state index in [4.69, 9.17) is 0 Å². The second kappa shape index (κ2) is 11.2. The molecule has 0 atom stereocenters. The van der Waals surface area contributed by atoms with Crippen molar-refractivity contribution in [2.24, 2.45) is 0 Å². The number of carboxylic acids is 2. The number of carbonyl (C=O) groups is 6.